The minimum atomic E-state index is -3.94. The molecule has 9 heteroatoms. The minimum Gasteiger partial charge on any atom is -0.322 e. The van der Waals surface area contributed by atoms with Crippen LogP contribution in [0.5, 0.6) is 0 Å². The Morgan fingerprint density at radius 3 is 2.28 bits per heavy atom. The van der Waals surface area contributed by atoms with Gasteiger partial charge in [-0.05, 0) is 49.4 Å². The van der Waals surface area contributed by atoms with Crippen molar-refractivity contribution in [1.82, 2.24) is 0 Å². The van der Waals surface area contributed by atoms with Gasteiger partial charge in [0.25, 0.3) is 21.6 Å². The minimum absolute atomic E-state index is 0.0439. The van der Waals surface area contributed by atoms with E-state index in [0.717, 1.165) is 11.6 Å². The third-order valence-corrected chi connectivity index (χ3v) is 5.41. The summed E-state index contributed by atoms with van der Waals surface area (Å²) in [6.45, 7) is 1.88. The zero-order valence-electron chi connectivity index (χ0n) is 15.3. The first-order chi connectivity index (χ1) is 13.7. The molecule has 0 saturated carbocycles. The normalized spacial score (nSPS) is 10.9. The lowest BCUT2D eigenvalue weighted by atomic mass is 10.1. The molecule has 0 spiro atoms. The number of non-ortho nitro benzene ring substituents is 1. The molecule has 29 heavy (non-hydrogen) atoms. The summed E-state index contributed by atoms with van der Waals surface area (Å²) >= 11 is 0. The van der Waals surface area contributed by atoms with Crippen molar-refractivity contribution in [2.45, 2.75) is 11.8 Å². The number of nitro benzene ring substituents is 1. The molecule has 3 aromatic carbocycles. The van der Waals surface area contributed by atoms with Crippen LogP contribution in [0.1, 0.15) is 15.9 Å². The van der Waals surface area contributed by atoms with E-state index in [4.69, 9.17) is 0 Å². The molecule has 0 saturated heterocycles. The maximum atomic E-state index is 12.5. The lowest BCUT2D eigenvalue weighted by Crippen LogP contribution is -2.14. The average molecular weight is 411 g/mol. The van der Waals surface area contributed by atoms with Gasteiger partial charge < -0.3 is 5.32 Å². The number of nitrogens with one attached hydrogen (secondary N) is 2. The molecule has 0 bridgehead atoms. The van der Waals surface area contributed by atoms with Crippen LogP contribution in [0.3, 0.4) is 0 Å². The van der Waals surface area contributed by atoms with E-state index >= 15 is 0 Å². The second-order valence-corrected chi connectivity index (χ2v) is 7.94. The van der Waals surface area contributed by atoms with E-state index in [0.29, 0.717) is 11.3 Å². The van der Waals surface area contributed by atoms with Crippen molar-refractivity contribution < 1.29 is 18.1 Å². The first kappa shape index (κ1) is 20.0. The fourth-order valence-corrected chi connectivity index (χ4v) is 3.65. The zero-order valence-corrected chi connectivity index (χ0v) is 16.1. The fraction of sp³-hybridized carbons (Fsp3) is 0.0500. The number of carbonyl (C=O) groups is 1. The number of anilines is 2. The lowest BCUT2D eigenvalue weighted by Gasteiger charge is -2.10. The highest BCUT2D eigenvalue weighted by Gasteiger charge is 2.16. The molecule has 0 aromatic heterocycles. The van der Waals surface area contributed by atoms with Crippen LogP contribution in [0, 0.1) is 17.0 Å². The number of aryl methyl sites for hydroxylation is 1. The van der Waals surface area contributed by atoms with Gasteiger partial charge in [-0.2, -0.15) is 0 Å². The van der Waals surface area contributed by atoms with E-state index in [1.165, 1.54) is 42.5 Å². The Kier molecular flexibility index (Phi) is 5.60. The van der Waals surface area contributed by atoms with Crippen molar-refractivity contribution in [3.05, 3.63) is 94.0 Å². The summed E-state index contributed by atoms with van der Waals surface area (Å²) < 4.78 is 27.3. The van der Waals surface area contributed by atoms with Gasteiger partial charge >= 0.3 is 0 Å². The van der Waals surface area contributed by atoms with Crippen molar-refractivity contribution in [2.24, 2.45) is 0 Å². The highest BCUT2D eigenvalue weighted by Crippen LogP contribution is 2.22. The summed E-state index contributed by atoms with van der Waals surface area (Å²) in [7, 11) is -3.94. The molecule has 0 unspecified atom stereocenters. The Bertz CT molecular complexity index is 1170. The maximum absolute atomic E-state index is 12.5. The predicted molar refractivity (Wildman–Crippen MR) is 109 cm³/mol. The molecule has 3 rings (SSSR count). The molecule has 0 atom stereocenters. The third kappa shape index (κ3) is 4.96. The van der Waals surface area contributed by atoms with Crippen molar-refractivity contribution in [2.75, 3.05) is 10.0 Å². The Morgan fingerprint density at radius 1 is 0.931 bits per heavy atom. The van der Waals surface area contributed by atoms with Crippen LogP contribution in [0.15, 0.2) is 77.7 Å². The first-order valence-corrected chi connectivity index (χ1v) is 9.98. The number of sulfonamides is 1. The van der Waals surface area contributed by atoms with Gasteiger partial charge in [0.05, 0.1) is 15.5 Å². The summed E-state index contributed by atoms with van der Waals surface area (Å²) in [5.74, 6) is -0.306. The van der Waals surface area contributed by atoms with E-state index in [2.05, 4.69) is 10.0 Å². The van der Waals surface area contributed by atoms with Crippen LogP contribution >= 0.6 is 0 Å². The van der Waals surface area contributed by atoms with Crippen LogP contribution in [0.25, 0.3) is 0 Å². The molecule has 0 aliphatic rings. The number of amides is 1. The molecule has 8 nitrogen and oxygen atoms in total. The Morgan fingerprint density at radius 2 is 1.62 bits per heavy atom. The molecule has 3 aromatic rings. The summed E-state index contributed by atoms with van der Waals surface area (Å²) in [6.07, 6.45) is 0. The van der Waals surface area contributed by atoms with Gasteiger partial charge in [0.15, 0.2) is 0 Å². The van der Waals surface area contributed by atoms with Crippen LogP contribution in [-0.2, 0) is 10.0 Å². The highest BCUT2D eigenvalue weighted by molar-refractivity contribution is 7.92. The van der Waals surface area contributed by atoms with Crippen LogP contribution in [0.4, 0.5) is 17.1 Å². The Balaban J connectivity index is 1.74. The van der Waals surface area contributed by atoms with Gasteiger partial charge in [0.1, 0.15) is 0 Å². The topological polar surface area (TPSA) is 118 Å². The highest BCUT2D eigenvalue weighted by atomic mass is 32.2. The first-order valence-electron chi connectivity index (χ1n) is 8.50. The number of rotatable bonds is 6. The standard InChI is InChI=1S/C20H17N3O5S/c1-14-4-2-5-15(12-14)20(24)21-16-8-10-19(11-9-16)29(27,28)22-17-6-3-7-18(13-17)23(25)26/h2-13,22H,1H3,(H,21,24). The molecule has 0 radical (unpaired) electrons. The third-order valence-electron chi connectivity index (χ3n) is 4.01. The average Bonchev–Trinajstić information content (AvgIpc) is 2.68. The summed E-state index contributed by atoms with van der Waals surface area (Å²) in [6, 6.07) is 17.9. The predicted octanol–water partition coefficient (Wildman–Crippen LogP) is 3.96. The second kappa shape index (κ2) is 8.11. The number of hydrogen-bond acceptors (Lipinski definition) is 5. The number of nitrogens with zero attached hydrogens (tertiary/aromatic N) is 1. The Labute approximate surface area is 167 Å². The SMILES string of the molecule is Cc1cccc(C(=O)Nc2ccc(S(=O)(=O)Nc3cccc([N+](=O)[O-])c3)cc2)c1. The lowest BCUT2D eigenvalue weighted by molar-refractivity contribution is -0.384. The summed E-state index contributed by atoms with van der Waals surface area (Å²) in [5.41, 5.74) is 1.74. The van der Waals surface area contributed by atoms with E-state index in [1.54, 1.807) is 18.2 Å². The quantitative estimate of drug-likeness (QED) is 0.470. The zero-order chi connectivity index (χ0) is 21.0. The molecular formula is C20H17N3O5S. The largest absolute Gasteiger partial charge is 0.322 e. The van der Waals surface area contributed by atoms with Crippen molar-refractivity contribution in [3.63, 3.8) is 0 Å². The van der Waals surface area contributed by atoms with Crippen molar-refractivity contribution in [3.8, 4) is 0 Å². The van der Waals surface area contributed by atoms with E-state index in [-0.39, 0.29) is 22.2 Å². The molecule has 1 amide bonds. The van der Waals surface area contributed by atoms with Crippen LogP contribution < -0.4 is 10.0 Å². The molecule has 0 fully saturated rings. The molecular weight excluding hydrogens is 394 g/mol. The van der Waals surface area contributed by atoms with E-state index in [1.807, 2.05) is 13.0 Å². The smallest absolute Gasteiger partial charge is 0.271 e. The number of benzene rings is 3. The van der Waals surface area contributed by atoms with Gasteiger partial charge in [0, 0.05) is 23.4 Å². The molecule has 0 aliphatic carbocycles. The van der Waals surface area contributed by atoms with Gasteiger partial charge in [-0.25, -0.2) is 8.42 Å². The molecule has 0 aliphatic heterocycles. The fourth-order valence-electron chi connectivity index (χ4n) is 2.60. The van der Waals surface area contributed by atoms with Crippen LogP contribution in [0.2, 0.25) is 0 Å². The van der Waals surface area contributed by atoms with Crippen LogP contribution in [-0.4, -0.2) is 19.2 Å². The van der Waals surface area contributed by atoms with E-state index in [9.17, 15) is 23.3 Å². The van der Waals surface area contributed by atoms with Crippen molar-refractivity contribution in [1.29, 1.82) is 0 Å². The number of hydrogen-bond donors (Lipinski definition) is 2. The molecule has 148 valence electrons. The van der Waals surface area contributed by atoms with Gasteiger partial charge in [-0.1, -0.05) is 23.8 Å². The van der Waals surface area contributed by atoms with Gasteiger partial charge in [-0.3, -0.25) is 19.6 Å². The number of nitro groups is 1. The monoisotopic (exact) mass is 411 g/mol. The molecule has 0 heterocycles. The maximum Gasteiger partial charge on any atom is 0.271 e. The van der Waals surface area contributed by atoms with E-state index < -0.39 is 14.9 Å². The van der Waals surface area contributed by atoms with Gasteiger partial charge in [-0.15, -0.1) is 0 Å². The Hall–Kier alpha value is -3.72. The van der Waals surface area contributed by atoms with Crippen molar-refractivity contribution >= 4 is 33.0 Å². The summed E-state index contributed by atoms with van der Waals surface area (Å²) in [4.78, 5) is 22.5. The summed E-state index contributed by atoms with van der Waals surface area (Å²) in [5, 5.41) is 13.5. The van der Waals surface area contributed by atoms with Gasteiger partial charge in [0.2, 0.25) is 0 Å². The molecule has 2 N–H and O–H groups in total. The number of carbonyl (C=O) groups excluding carboxylic acids is 1. The second-order valence-electron chi connectivity index (χ2n) is 6.26.